The Bertz CT molecular complexity index is 444. The number of rotatable bonds is 3. The minimum atomic E-state index is -0.974. The smallest absolute Gasteiger partial charge is 0.407 e. The molecule has 1 N–H and O–H groups in total. The second-order valence-electron chi connectivity index (χ2n) is 3.67. The first-order chi connectivity index (χ1) is 8.08. The highest BCUT2D eigenvalue weighted by atomic mass is 79.9. The van der Waals surface area contributed by atoms with E-state index in [9.17, 15) is 9.18 Å². The normalized spacial score (nSPS) is 18.7. The van der Waals surface area contributed by atoms with Gasteiger partial charge in [0.15, 0.2) is 5.75 Å². The Morgan fingerprint density at radius 1 is 1.76 bits per heavy atom. The number of pyridine rings is 1. The summed E-state index contributed by atoms with van der Waals surface area (Å²) in [6.07, 6.45) is 1.09. The number of nitrogens with zero attached hydrogens (tertiary/aromatic N) is 2. The van der Waals surface area contributed by atoms with Crippen LogP contribution in [0.2, 0.25) is 0 Å². The Morgan fingerprint density at radius 2 is 2.53 bits per heavy atom. The molecule has 5 nitrogen and oxygen atoms in total. The third-order valence-corrected chi connectivity index (χ3v) is 3.03. The fraction of sp³-hybridized carbons (Fsp3) is 0.400. The summed E-state index contributed by atoms with van der Waals surface area (Å²) in [6, 6.07) is 1.26. The fourth-order valence-electron chi connectivity index (χ4n) is 1.56. The average molecular weight is 305 g/mol. The summed E-state index contributed by atoms with van der Waals surface area (Å²) in [4.78, 5) is 15.5. The molecule has 0 radical (unpaired) electrons. The van der Waals surface area contributed by atoms with Gasteiger partial charge in [-0.25, -0.2) is 9.78 Å². The number of aromatic nitrogens is 1. The number of carboxylic acid groups (broad SMARTS) is 1. The van der Waals surface area contributed by atoms with E-state index in [-0.39, 0.29) is 18.4 Å². The van der Waals surface area contributed by atoms with Gasteiger partial charge in [-0.15, -0.1) is 0 Å². The molecule has 2 heterocycles. The molecule has 1 saturated heterocycles. The number of carbonyl (C=O) groups is 1. The Labute approximate surface area is 105 Å². The van der Waals surface area contributed by atoms with Gasteiger partial charge in [0, 0.05) is 23.3 Å². The van der Waals surface area contributed by atoms with Crippen LogP contribution in [0.5, 0.6) is 5.75 Å². The zero-order chi connectivity index (χ0) is 12.4. The average Bonchev–Trinajstić information content (AvgIpc) is 2.21. The Balaban J connectivity index is 1.94. The van der Waals surface area contributed by atoms with Gasteiger partial charge in [0.25, 0.3) is 5.95 Å². The second kappa shape index (κ2) is 4.87. The number of ether oxygens (including phenoxy) is 1. The van der Waals surface area contributed by atoms with Crippen molar-refractivity contribution in [2.24, 2.45) is 0 Å². The standard InChI is InChI=1S/C10H10BrFN2O3/c11-6-3-8(9(12)13-4-6)17-5-7-1-2-14(7)10(15)16/h3-4,7H,1-2,5H2,(H,15,16). The molecule has 0 saturated carbocycles. The first-order valence-electron chi connectivity index (χ1n) is 5.01. The van der Waals surface area contributed by atoms with E-state index in [1.165, 1.54) is 17.2 Å². The molecule has 92 valence electrons. The summed E-state index contributed by atoms with van der Waals surface area (Å²) in [6.45, 7) is 0.643. The van der Waals surface area contributed by atoms with Crippen LogP contribution in [0, 0.1) is 5.95 Å². The van der Waals surface area contributed by atoms with Crippen LogP contribution in [0.4, 0.5) is 9.18 Å². The largest absolute Gasteiger partial charge is 0.487 e. The topological polar surface area (TPSA) is 62.7 Å². The van der Waals surface area contributed by atoms with Crippen molar-refractivity contribution in [3.05, 3.63) is 22.7 Å². The number of amides is 1. The highest BCUT2D eigenvalue weighted by Gasteiger charge is 2.32. The van der Waals surface area contributed by atoms with Crippen molar-refractivity contribution in [3.63, 3.8) is 0 Å². The lowest BCUT2D eigenvalue weighted by molar-refractivity contribution is 0.0489. The summed E-state index contributed by atoms with van der Waals surface area (Å²) in [5.74, 6) is -0.675. The minimum Gasteiger partial charge on any atom is -0.487 e. The van der Waals surface area contributed by atoms with Gasteiger partial charge in [0.05, 0.1) is 6.04 Å². The molecule has 1 aromatic heterocycles. The molecule has 2 rings (SSSR count). The van der Waals surface area contributed by atoms with Crippen molar-refractivity contribution in [2.75, 3.05) is 13.2 Å². The zero-order valence-electron chi connectivity index (χ0n) is 8.77. The monoisotopic (exact) mass is 304 g/mol. The van der Waals surface area contributed by atoms with Gasteiger partial charge in [0.2, 0.25) is 0 Å². The summed E-state index contributed by atoms with van der Waals surface area (Å²) in [5, 5.41) is 8.78. The summed E-state index contributed by atoms with van der Waals surface area (Å²) in [7, 11) is 0. The first kappa shape index (κ1) is 12.1. The van der Waals surface area contributed by atoms with Gasteiger partial charge in [-0.1, -0.05) is 0 Å². The Morgan fingerprint density at radius 3 is 3.12 bits per heavy atom. The molecule has 1 aliphatic rings. The highest BCUT2D eigenvalue weighted by molar-refractivity contribution is 9.10. The summed E-state index contributed by atoms with van der Waals surface area (Å²) in [5.41, 5.74) is 0. The second-order valence-corrected chi connectivity index (χ2v) is 4.59. The van der Waals surface area contributed by atoms with E-state index in [0.29, 0.717) is 11.0 Å². The van der Waals surface area contributed by atoms with E-state index in [4.69, 9.17) is 9.84 Å². The van der Waals surface area contributed by atoms with Crippen molar-refractivity contribution < 1.29 is 19.0 Å². The molecule has 17 heavy (non-hydrogen) atoms. The van der Waals surface area contributed by atoms with Crippen LogP contribution >= 0.6 is 15.9 Å². The first-order valence-corrected chi connectivity index (χ1v) is 5.80. The molecule has 0 aliphatic carbocycles. The van der Waals surface area contributed by atoms with Crippen LogP contribution < -0.4 is 4.74 Å². The predicted octanol–water partition coefficient (Wildman–Crippen LogP) is 2.11. The van der Waals surface area contributed by atoms with Crippen LogP contribution in [0.25, 0.3) is 0 Å². The lowest BCUT2D eigenvalue weighted by Crippen LogP contribution is -2.53. The van der Waals surface area contributed by atoms with Crippen molar-refractivity contribution in [3.8, 4) is 5.75 Å². The van der Waals surface area contributed by atoms with E-state index >= 15 is 0 Å². The summed E-state index contributed by atoms with van der Waals surface area (Å²) >= 11 is 3.16. The molecular weight excluding hydrogens is 295 g/mol. The van der Waals surface area contributed by atoms with Crippen LogP contribution in [-0.4, -0.2) is 40.3 Å². The van der Waals surface area contributed by atoms with Crippen molar-refractivity contribution in [2.45, 2.75) is 12.5 Å². The van der Waals surface area contributed by atoms with E-state index in [1.54, 1.807) is 0 Å². The third-order valence-electron chi connectivity index (χ3n) is 2.59. The van der Waals surface area contributed by atoms with E-state index in [2.05, 4.69) is 20.9 Å². The predicted molar refractivity (Wildman–Crippen MR) is 60.5 cm³/mol. The van der Waals surface area contributed by atoms with Gasteiger partial charge in [-0.05, 0) is 22.4 Å². The van der Waals surface area contributed by atoms with Crippen LogP contribution in [-0.2, 0) is 0 Å². The molecular formula is C10H10BrFN2O3. The van der Waals surface area contributed by atoms with E-state index in [1.807, 2.05) is 0 Å². The van der Waals surface area contributed by atoms with Crippen molar-refractivity contribution in [1.82, 2.24) is 9.88 Å². The molecule has 1 amide bonds. The number of hydrogen-bond donors (Lipinski definition) is 1. The van der Waals surface area contributed by atoms with Crippen LogP contribution in [0.3, 0.4) is 0 Å². The molecule has 1 atom stereocenters. The SMILES string of the molecule is O=C(O)N1CCC1COc1cc(Br)cnc1F. The van der Waals surface area contributed by atoms with Gasteiger partial charge >= 0.3 is 6.09 Å². The minimum absolute atomic E-state index is 0.0246. The molecule has 1 unspecified atom stereocenters. The van der Waals surface area contributed by atoms with Gasteiger partial charge in [-0.3, -0.25) is 0 Å². The molecule has 7 heteroatoms. The van der Waals surface area contributed by atoms with Crippen LogP contribution in [0.1, 0.15) is 6.42 Å². The Kier molecular flexibility index (Phi) is 3.46. The Hall–Kier alpha value is -1.37. The van der Waals surface area contributed by atoms with Gasteiger partial charge < -0.3 is 14.7 Å². The fourth-order valence-corrected chi connectivity index (χ4v) is 1.87. The molecule has 0 spiro atoms. The quantitative estimate of drug-likeness (QED) is 0.869. The van der Waals surface area contributed by atoms with E-state index in [0.717, 1.165) is 6.42 Å². The molecule has 1 aliphatic heterocycles. The van der Waals surface area contributed by atoms with Crippen molar-refractivity contribution in [1.29, 1.82) is 0 Å². The maximum absolute atomic E-state index is 13.2. The lowest BCUT2D eigenvalue weighted by atomic mass is 10.1. The number of halogens is 2. The third kappa shape index (κ3) is 2.66. The zero-order valence-corrected chi connectivity index (χ0v) is 10.4. The van der Waals surface area contributed by atoms with Crippen LogP contribution in [0.15, 0.2) is 16.7 Å². The van der Waals surface area contributed by atoms with Crippen molar-refractivity contribution >= 4 is 22.0 Å². The number of likely N-dealkylation sites (tertiary alicyclic amines) is 1. The molecule has 0 aromatic carbocycles. The maximum Gasteiger partial charge on any atom is 0.407 e. The summed E-state index contributed by atoms with van der Waals surface area (Å²) < 4.78 is 19.0. The maximum atomic E-state index is 13.2. The van der Waals surface area contributed by atoms with Gasteiger partial charge in [-0.2, -0.15) is 4.39 Å². The van der Waals surface area contributed by atoms with Gasteiger partial charge in [0.1, 0.15) is 6.61 Å². The van der Waals surface area contributed by atoms with E-state index < -0.39 is 12.0 Å². The highest BCUT2D eigenvalue weighted by Crippen LogP contribution is 2.23. The molecule has 1 fully saturated rings. The number of hydrogen-bond acceptors (Lipinski definition) is 3. The molecule has 0 bridgehead atoms. The molecule has 1 aromatic rings. The lowest BCUT2D eigenvalue weighted by Gasteiger charge is -2.38.